The quantitative estimate of drug-likeness (QED) is 0.0779. The Hall–Kier alpha value is -4.75. The van der Waals surface area contributed by atoms with Gasteiger partial charge in [0.15, 0.2) is 5.78 Å². The van der Waals surface area contributed by atoms with Crippen LogP contribution in [0.3, 0.4) is 0 Å². The molecule has 0 saturated heterocycles. The van der Waals surface area contributed by atoms with E-state index in [2.05, 4.69) is 19.9 Å². The smallest absolute Gasteiger partial charge is 0.349 e. The highest BCUT2D eigenvalue weighted by molar-refractivity contribution is 6.14. The number of carbonyl (C=O) groups excluding carboxylic acids is 2. The Morgan fingerprint density at radius 2 is 1.24 bits per heavy atom. The largest absolute Gasteiger partial charge is 0.462 e. The van der Waals surface area contributed by atoms with Crippen molar-refractivity contribution >= 4 is 17.3 Å². The van der Waals surface area contributed by atoms with Crippen molar-refractivity contribution < 1.29 is 14.3 Å². The number of benzene rings is 4. The van der Waals surface area contributed by atoms with E-state index in [0.29, 0.717) is 28.2 Å². The summed E-state index contributed by atoms with van der Waals surface area (Å²) in [7, 11) is 0. The molecule has 4 heteroatoms. The second-order valence-corrected chi connectivity index (χ2v) is 10.0. The average molecular weight is 542 g/mol. The lowest BCUT2D eigenvalue weighted by Gasteiger charge is -2.18. The summed E-state index contributed by atoms with van der Waals surface area (Å²) in [4.78, 5) is 27.0. The summed E-state index contributed by atoms with van der Waals surface area (Å²) < 4.78 is 5.69. The van der Waals surface area contributed by atoms with Crippen molar-refractivity contribution in [3.05, 3.63) is 137 Å². The van der Waals surface area contributed by atoms with Gasteiger partial charge >= 0.3 is 5.97 Å². The van der Waals surface area contributed by atoms with Crippen molar-refractivity contribution in [2.45, 2.75) is 39.5 Å². The lowest BCUT2D eigenvalue weighted by Crippen LogP contribution is -2.13. The minimum absolute atomic E-state index is 0.0564. The van der Waals surface area contributed by atoms with E-state index in [1.807, 2.05) is 97.1 Å². The van der Waals surface area contributed by atoms with E-state index in [1.165, 1.54) is 0 Å². The maximum Gasteiger partial charge on any atom is 0.349 e. The third-order valence-electron chi connectivity index (χ3n) is 7.36. The molecule has 0 heterocycles. The summed E-state index contributed by atoms with van der Waals surface area (Å²) in [5.74, 6) is -0.254. The number of hydrogen-bond donors (Lipinski definition) is 0. The van der Waals surface area contributed by atoms with E-state index in [9.17, 15) is 14.9 Å². The molecule has 1 atom stereocenters. The molecule has 4 rings (SSSR count). The van der Waals surface area contributed by atoms with Gasteiger partial charge in [-0.25, -0.2) is 4.79 Å². The van der Waals surface area contributed by atoms with Gasteiger partial charge < -0.3 is 4.74 Å². The number of ketones is 1. The van der Waals surface area contributed by atoms with E-state index < -0.39 is 5.97 Å². The van der Waals surface area contributed by atoms with Gasteiger partial charge in [0.2, 0.25) is 0 Å². The minimum atomic E-state index is -0.638. The lowest BCUT2D eigenvalue weighted by molar-refractivity contribution is -0.138. The molecular weight excluding hydrogens is 506 g/mol. The van der Waals surface area contributed by atoms with Crippen LogP contribution in [-0.2, 0) is 9.53 Å². The van der Waals surface area contributed by atoms with Crippen LogP contribution in [0.2, 0.25) is 0 Å². The minimum Gasteiger partial charge on any atom is -0.462 e. The fraction of sp³-hybridized carbons (Fsp3) is 0.216. The van der Waals surface area contributed by atoms with Crippen LogP contribution in [0, 0.1) is 17.2 Å². The molecule has 0 aliphatic carbocycles. The molecule has 41 heavy (non-hydrogen) atoms. The zero-order valence-electron chi connectivity index (χ0n) is 23.7. The summed E-state index contributed by atoms with van der Waals surface area (Å²) in [5, 5.41) is 10.3. The molecule has 0 aliphatic heterocycles. The SMILES string of the molecule is CCCC(CC)CCOC(=O)/C(C#N)=C(\c1ccccc1)c1ccccc1-c1ccccc1C(=O)c1ccccc1. The molecule has 0 aliphatic rings. The number of nitrogens with zero attached hydrogens (tertiary/aromatic N) is 1. The summed E-state index contributed by atoms with van der Waals surface area (Å²) in [5.41, 5.74) is 4.43. The summed E-state index contributed by atoms with van der Waals surface area (Å²) in [6.07, 6.45) is 3.95. The Morgan fingerprint density at radius 1 is 0.707 bits per heavy atom. The first-order chi connectivity index (χ1) is 20.1. The van der Waals surface area contributed by atoms with Crippen LogP contribution in [0.25, 0.3) is 16.7 Å². The van der Waals surface area contributed by atoms with E-state index in [-0.39, 0.29) is 18.0 Å². The molecule has 0 amide bonds. The molecule has 0 saturated carbocycles. The van der Waals surface area contributed by atoms with Gasteiger partial charge in [-0.05, 0) is 34.6 Å². The molecule has 4 aromatic carbocycles. The number of esters is 1. The zero-order chi connectivity index (χ0) is 29.0. The van der Waals surface area contributed by atoms with Crippen LogP contribution in [0.4, 0.5) is 0 Å². The average Bonchev–Trinajstić information content (AvgIpc) is 3.03. The van der Waals surface area contributed by atoms with E-state index >= 15 is 0 Å². The molecule has 1 unspecified atom stereocenters. The van der Waals surface area contributed by atoms with Crippen molar-refractivity contribution in [3.8, 4) is 17.2 Å². The maximum atomic E-state index is 13.6. The Morgan fingerprint density at radius 3 is 1.83 bits per heavy atom. The second kappa shape index (κ2) is 14.6. The fourth-order valence-electron chi connectivity index (χ4n) is 5.19. The molecule has 4 aromatic rings. The van der Waals surface area contributed by atoms with Gasteiger partial charge in [-0.1, -0.05) is 142 Å². The normalized spacial score (nSPS) is 12.1. The fourth-order valence-corrected chi connectivity index (χ4v) is 5.19. The number of ether oxygens (including phenoxy) is 1. The van der Waals surface area contributed by atoms with Crippen molar-refractivity contribution in [2.24, 2.45) is 5.92 Å². The van der Waals surface area contributed by atoms with Gasteiger partial charge in [-0.2, -0.15) is 5.26 Å². The van der Waals surface area contributed by atoms with Gasteiger partial charge in [0, 0.05) is 16.7 Å². The Balaban J connectivity index is 1.83. The molecule has 0 radical (unpaired) electrons. The molecule has 0 aromatic heterocycles. The maximum absolute atomic E-state index is 13.6. The molecule has 0 N–H and O–H groups in total. The standard InChI is InChI=1S/C37H35NO3/c1-3-15-27(4-2)24-25-41-37(40)34(26-38)35(28-16-7-5-8-17-28)32-22-13-11-20-30(32)31-21-12-14-23-33(31)36(39)29-18-9-6-10-19-29/h5-14,16-23,27H,3-4,15,24-25H2,1-2H3/b35-34+. The van der Waals surface area contributed by atoms with Crippen molar-refractivity contribution in [3.63, 3.8) is 0 Å². The Labute approximate surface area is 242 Å². The van der Waals surface area contributed by atoms with E-state index in [0.717, 1.165) is 42.4 Å². The Kier molecular flexibility index (Phi) is 10.4. The van der Waals surface area contributed by atoms with Crippen LogP contribution >= 0.6 is 0 Å². The van der Waals surface area contributed by atoms with E-state index in [4.69, 9.17) is 4.74 Å². The highest BCUT2D eigenvalue weighted by Gasteiger charge is 2.24. The summed E-state index contributed by atoms with van der Waals surface area (Å²) in [6, 6.07) is 35.8. The highest BCUT2D eigenvalue weighted by atomic mass is 16.5. The third kappa shape index (κ3) is 7.07. The summed E-state index contributed by atoms with van der Waals surface area (Å²) in [6.45, 7) is 4.56. The first kappa shape index (κ1) is 29.2. The predicted molar refractivity (Wildman–Crippen MR) is 164 cm³/mol. The third-order valence-corrected chi connectivity index (χ3v) is 7.36. The van der Waals surface area contributed by atoms with Crippen LogP contribution in [0.1, 0.15) is 66.6 Å². The molecule has 0 fully saturated rings. The number of rotatable bonds is 12. The van der Waals surface area contributed by atoms with Gasteiger partial charge in [0.1, 0.15) is 11.6 Å². The monoisotopic (exact) mass is 541 g/mol. The zero-order valence-corrected chi connectivity index (χ0v) is 23.7. The van der Waals surface area contributed by atoms with Gasteiger partial charge in [0.05, 0.1) is 6.61 Å². The van der Waals surface area contributed by atoms with Crippen LogP contribution in [-0.4, -0.2) is 18.4 Å². The lowest BCUT2D eigenvalue weighted by atomic mass is 9.85. The molecule has 0 bridgehead atoms. The number of nitriles is 1. The number of hydrogen-bond acceptors (Lipinski definition) is 4. The summed E-state index contributed by atoms with van der Waals surface area (Å²) >= 11 is 0. The van der Waals surface area contributed by atoms with Gasteiger partial charge in [-0.3, -0.25) is 4.79 Å². The molecular formula is C37H35NO3. The Bertz CT molecular complexity index is 1550. The van der Waals surface area contributed by atoms with Crippen LogP contribution in [0.5, 0.6) is 0 Å². The van der Waals surface area contributed by atoms with Crippen molar-refractivity contribution in [1.29, 1.82) is 5.26 Å². The first-order valence-electron chi connectivity index (χ1n) is 14.2. The van der Waals surface area contributed by atoms with E-state index in [1.54, 1.807) is 12.1 Å². The predicted octanol–water partition coefficient (Wildman–Crippen LogP) is 8.67. The van der Waals surface area contributed by atoms with Gasteiger partial charge in [-0.15, -0.1) is 0 Å². The van der Waals surface area contributed by atoms with Crippen molar-refractivity contribution in [2.75, 3.05) is 6.61 Å². The first-order valence-corrected chi connectivity index (χ1v) is 14.2. The molecule has 206 valence electrons. The van der Waals surface area contributed by atoms with Crippen LogP contribution in [0.15, 0.2) is 115 Å². The highest BCUT2D eigenvalue weighted by Crippen LogP contribution is 2.37. The van der Waals surface area contributed by atoms with Crippen LogP contribution < -0.4 is 0 Å². The van der Waals surface area contributed by atoms with Gasteiger partial charge in [0.25, 0.3) is 0 Å². The van der Waals surface area contributed by atoms with Crippen molar-refractivity contribution in [1.82, 2.24) is 0 Å². The topological polar surface area (TPSA) is 67.2 Å². The molecule has 4 nitrogen and oxygen atoms in total. The number of carbonyl (C=O) groups is 2. The molecule has 0 spiro atoms. The second-order valence-electron chi connectivity index (χ2n) is 10.0.